The normalized spacial score (nSPS) is 15.0. The van der Waals surface area contributed by atoms with Gasteiger partial charge in [-0.2, -0.15) is 0 Å². The first-order chi connectivity index (χ1) is 8.63. The van der Waals surface area contributed by atoms with E-state index in [-0.39, 0.29) is 25.0 Å². The predicted octanol–water partition coefficient (Wildman–Crippen LogP) is 0.452. The lowest BCUT2D eigenvalue weighted by Crippen LogP contribution is -2.30. The van der Waals surface area contributed by atoms with Gasteiger partial charge in [-0.1, -0.05) is 11.8 Å². The number of amides is 3. The van der Waals surface area contributed by atoms with Gasteiger partial charge in [-0.05, 0) is 11.4 Å². The minimum atomic E-state index is -0.258. The highest BCUT2D eigenvalue weighted by atomic mass is 32.1. The maximum atomic E-state index is 11.7. The first kappa shape index (κ1) is 12.6. The molecule has 2 heterocycles. The minimum Gasteiger partial charge on any atom is -0.320 e. The maximum absolute atomic E-state index is 11.7. The molecule has 2 rings (SSSR count). The van der Waals surface area contributed by atoms with Gasteiger partial charge in [0, 0.05) is 17.5 Å². The molecule has 0 aliphatic carbocycles. The fourth-order valence-electron chi connectivity index (χ4n) is 1.69. The van der Waals surface area contributed by atoms with Crippen molar-refractivity contribution in [1.82, 2.24) is 9.80 Å². The average molecular weight is 263 g/mol. The van der Waals surface area contributed by atoms with Crippen molar-refractivity contribution >= 4 is 23.3 Å². The third kappa shape index (κ3) is 2.37. The number of likely N-dealkylation sites (N-methyl/N-ethyl adjacent to an activating group) is 1. The van der Waals surface area contributed by atoms with Crippen molar-refractivity contribution in [2.24, 2.45) is 5.73 Å². The van der Waals surface area contributed by atoms with Gasteiger partial charge in [0.15, 0.2) is 0 Å². The second-order valence-corrected chi connectivity index (χ2v) is 4.88. The molecule has 1 saturated heterocycles. The van der Waals surface area contributed by atoms with E-state index in [4.69, 9.17) is 5.73 Å². The Morgan fingerprint density at radius 3 is 2.89 bits per heavy atom. The van der Waals surface area contributed by atoms with Crippen molar-refractivity contribution in [1.29, 1.82) is 0 Å². The van der Waals surface area contributed by atoms with Crippen LogP contribution in [0.4, 0.5) is 4.79 Å². The number of carbonyl (C=O) groups is 2. The second kappa shape index (κ2) is 5.21. The van der Waals surface area contributed by atoms with Crippen LogP contribution in [0.1, 0.15) is 10.4 Å². The van der Waals surface area contributed by atoms with Crippen molar-refractivity contribution in [2.45, 2.75) is 6.54 Å². The van der Waals surface area contributed by atoms with Gasteiger partial charge in [0.2, 0.25) is 0 Å². The molecule has 0 saturated carbocycles. The maximum Gasteiger partial charge on any atom is 0.327 e. The number of nitrogens with zero attached hydrogens (tertiary/aromatic N) is 2. The molecular formula is C12H13N3O2S. The number of carbonyl (C=O) groups excluding carboxylic acids is 2. The Hall–Kier alpha value is -1.84. The first-order valence-corrected chi connectivity index (χ1v) is 6.32. The van der Waals surface area contributed by atoms with Gasteiger partial charge in [-0.15, -0.1) is 11.3 Å². The molecule has 2 N–H and O–H groups in total. The predicted molar refractivity (Wildman–Crippen MR) is 68.8 cm³/mol. The van der Waals surface area contributed by atoms with Crippen molar-refractivity contribution in [2.75, 3.05) is 20.1 Å². The molecule has 18 heavy (non-hydrogen) atoms. The number of imide groups is 1. The summed E-state index contributed by atoms with van der Waals surface area (Å²) in [5.41, 5.74) is 6.16. The van der Waals surface area contributed by atoms with Crippen LogP contribution in [0.2, 0.25) is 0 Å². The quantitative estimate of drug-likeness (QED) is 0.622. The number of nitrogens with two attached hydrogens (primary N) is 1. The fraction of sp³-hybridized carbons (Fsp3) is 0.333. The monoisotopic (exact) mass is 263 g/mol. The second-order valence-electron chi connectivity index (χ2n) is 3.88. The summed E-state index contributed by atoms with van der Waals surface area (Å²) in [6.45, 7) is 0.724. The molecule has 0 radical (unpaired) electrons. The van der Waals surface area contributed by atoms with Crippen LogP contribution in [-0.2, 0) is 11.3 Å². The van der Waals surface area contributed by atoms with Crippen molar-refractivity contribution in [3.63, 3.8) is 0 Å². The van der Waals surface area contributed by atoms with Gasteiger partial charge < -0.3 is 10.6 Å². The number of thiophene rings is 1. The highest BCUT2D eigenvalue weighted by Gasteiger charge is 2.33. The van der Waals surface area contributed by atoms with Gasteiger partial charge in [-0.25, -0.2) is 4.79 Å². The summed E-state index contributed by atoms with van der Waals surface area (Å²) in [4.78, 5) is 27.0. The van der Waals surface area contributed by atoms with Crippen LogP contribution < -0.4 is 5.73 Å². The Morgan fingerprint density at radius 1 is 1.50 bits per heavy atom. The molecule has 0 aromatic carbocycles. The summed E-state index contributed by atoms with van der Waals surface area (Å²) in [5, 5.41) is 1.89. The smallest absolute Gasteiger partial charge is 0.320 e. The molecule has 1 aromatic heterocycles. The molecule has 3 amide bonds. The Labute approximate surface area is 109 Å². The van der Waals surface area contributed by atoms with Crippen LogP contribution in [-0.4, -0.2) is 41.9 Å². The Kier molecular flexibility index (Phi) is 3.65. The zero-order chi connectivity index (χ0) is 13.1. The van der Waals surface area contributed by atoms with Crippen LogP contribution in [0.15, 0.2) is 11.4 Å². The lowest BCUT2D eigenvalue weighted by molar-refractivity contribution is -0.125. The van der Waals surface area contributed by atoms with E-state index in [1.807, 2.05) is 11.4 Å². The number of hydrogen-bond donors (Lipinski definition) is 1. The molecule has 6 heteroatoms. The zero-order valence-electron chi connectivity index (χ0n) is 9.97. The van der Waals surface area contributed by atoms with Crippen LogP contribution in [0.5, 0.6) is 0 Å². The topological polar surface area (TPSA) is 66.6 Å². The van der Waals surface area contributed by atoms with E-state index in [2.05, 4.69) is 11.8 Å². The van der Waals surface area contributed by atoms with Gasteiger partial charge in [0.05, 0.1) is 13.1 Å². The highest BCUT2D eigenvalue weighted by molar-refractivity contribution is 7.10. The third-order valence-corrected chi connectivity index (χ3v) is 3.51. The molecule has 5 nitrogen and oxygen atoms in total. The molecule has 1 aliphatic heterocycles. The third-order valence-electron chi connectivity index (χ3n) is 2.60. The summed E-state index contributed by atoms with van der Waals surface area (Å²) in [6.07, 6.45) is 0. The van der Waals surface area contributed by atoms with Gasteiger partial charge in [0.1, 0.15) is 6.54 Å². The van der Waals surface area contributed by atoms with E-state index in [1.54, 1.807) is 7.05 Å². The molecular weight excluding hydrogens is 250 g/mol. The summed E-state index contributed by atoms with van der Waals surface area (Å²) in [7, 11) is 1.61. The Morgan fingerprint density at radius 2 is 2.28 bits per heavy atom. The highest BCUT2D eigenvalue weighted by Crippen LogP contribution is 2.20. The van der Waals surface area contributed by atoms with Gasteiger partial charge in [-0.3, -0.25) is 9.69 Å². The first-order valence-electron chi connectivity index (χ1n) is 5.44. The zero-order valence-corrected chi connectivity index (χ0v) is 10.8. The number of rotatable bonds is 2. The Bertz CT molecular complexity index is 541. The van der Waals surface area contributed by atoms with Crippen LogP contribution in [0.3, 0.4) is 0 Å². The van der Waals surface area contributed by atoms with Crippen LogP contribution >= 0.6 is 11.3 Å². The molecule has 1 aliphatic rings. The summed E-state index contributed by atoms with van der Waals surface area (Å²) < 4.78 is 0. The molecule has 1 aromatic rings. The molecule has 0 bridgehead atoms. The molecule has 0 atom stereocenters. The van der Waals surface area contributed by atoms with E-state index in [9.17, 15) is 9.59 Å². The van der Waals surface area contributed by atoms with Crippen molar-refractivity contribution < 1.29 is 9.59 Å². The van der Waals surface area contributed by atoms with Crippen LogP contribution in [0, 0.1) is 11.8 Å². The lowest BCUT2D eigenvalue weighted by Gasteiger charge is -2.13. The Balaban J connectivity index is 2.17. The van der Waals surface area contributed by atoms with Gasteiger partial charge >= 0.3 is 6.03 Å². The van der Waals surface area contributed by atoms with Crippen molar-refractivity contribution in [3.05, 3.63) is 21.9 Å². The molecule has 0 spiro atoms. The van der Waals surface area contributed by atoms with E-state index in [0.29, 0.717) is 6.54 Å². The van der Waals surface area contributed by atoms with E-state index in [0.717, 1.165) is 10.4 Å². The van der Waals surface area contributed by atoms with E-state index >= 15 is 0 Å². The number of urea groups is 1. The largest absolute Gasteiger partial charge is 0.327 e. The lowest BCUT2D eigenvalue weighted by atomic mass is 10.2. The molecule has 0 unspecified atom stereocenters. The molecule has 1 fully saturated rings. The van der Waals surface area contributed by atoms with Gasteiger partial charge in [0.25, 0.3) is 5.91 Å². The fourth-order valence-corrected chi connectivity index (χ4v) is 2.51. The molecule has 94 valence electrons. The standard InChI is InChI=1S/C12H13N3O2S/c1-14-8-11(16)15(12(14)17)7-10-9(3-2-5-13)4-6-18-10/h4,6H,5,7-8,13H2,1H3. The van der Waals surface area contributed by atoms with Crippen molar-refractivity contribution in [3.8, 4) is 11.8 Å². The summed E-state index contributed by atoms with van der Waals surface area (Å²) in [5.74, 6) is 5.54. The minimum absolute atomic E-state index is 0.147. The van der Waals surface area contributed by atoms with E-state index in [1.165, 1.54) is 21.1 Å². The summed E-state index contributed by atoms with van der Waals surface area (Å²) in [6, 6.07) is 1.61. The van der Waals surface area contributed by atoms with E-state index < -0.39 is 0 Å². The SMILES string of the molecule is CN1CC(=O)N(Cc2sccc2C#CCN)C1=O. The average Bonchev–Trinajstić information content (AvgIpc) is 2.87. The van der Waals surface area contributed by atoms with Crippen LogP contribution in [0.25, 0.3) is 0 Å². The number of hydrogen-bond acceptors (Lipinski definition) is 4. The summed E-state index contributed by atoms with van der Waals surface area (Å²) >= 11 is 1.48.